The summed E-state index contributed by atoms with van der Waals surface area (Å²) in [5, 5.41) is 4.52. The third kappa shape index (κ3) is 3.04. The monoisotopic (exact) mass is 344 g/mol. The molecule has 0 aliphatic rings. The fourth-order valence-electron chi connectivity index (χ4n) is 3.17. The lowest BCUT2D eigenvalue weighted by Crippen LogP contribution is -2.09. The molecule has 130 valence electrons. The quantitative estimate of drug-likeness (QED) is 0.559. The third-order valence-corrected chi connectivity index (χ3v) is 4.42. The second-order valence-electron chi connectivity index (χ2n) is 6.39. The summed E-state index contributed by atoms with van der Waals surface area (Å²) in [6.07, 6.45) is 3.52. The van der Waals surface area contributed by atoms with Gasteiger partial charge in [-0.3, -0.25) is 4.98 Å². The number of nitrogens with one attached hydrogen (secondary N) is 1. The third-order valence-electron chi connectivity index (χ3n) is 4.42. The minimum Gasteiger partial charge on any atom is -0.466 e. The largest absolute Gasteiger partial charge is 0.466 e. The second kappa shape index (κ2) is 6.59. The van der Waals surface area contributed by atoms with E-state index in [1.807, 2.05) is 50.2 Å². The average Bonchev–Trinajstić information content (AvgIpc) is 3.00. The zero-order chi connectivity index (χ0) is 18.1. The first-order valence-electron chi connectivity index (χ1n) is 8.62. The zero-order valence-corrected chi connectivity index (χ0v) is 15.0. The number of hydrogen-bond acceptors (Lipinski definition) is 5. The van der Waals surface area contributed by atoms with Crippen molar-refractivity contribution >= 4 is 16.7 Å². The Morgan fingerprint density at radius 3 is 2.62 bits per heavy atom. The lowest BCUT2D eigenvalue weighted by molar-refractivity contribution is 0.500. The van der Waals surface area contributed by atoms with E-state index in [4.69, 9.17) is 14.4 Å². The van der Waals surface area contributed by atoms with E-state index < -0.39 is 0 Å². The Balaban J connectivity index is 1.79. The van der Waals surface area contributed by atoms with Gasteiger partial charge in [-0.1, -0.05) is 12.1 Å². The first-order chi connectivity index (χ1) is 12.6. The van der Waals surface area contributed by atoms with Crippen LogP contribution in [-0.2, 0) is 0 Å². The van der Waals surface area contributed by atoms with Crippen molar-refractivity contribution in [3.63, 3.8) is 0 Å². The van der Waals surface area contributed by atoms with Gasteiger partial charge in [0.25, 0.3) is 0 Å². The van der Waals surface area contributed by atoms with E-state index in [0.29, 0.717) is 5.82 Å². The van der Waals surface area contributed by atoms with Crippen LogP contribution in [0.4, 0.5) is 5.82 Å². The molecule has 0 fully saturated rings. The van der Waals surface area contributed by atoms with Gasteiger partial charge in [-0.25, -0.2) is 9.97 Å². The van der Waals surface area contributed by atoms with Gasteiger partial charge in [0, 0.05) is 28.9 Å². The molecule has 4 aromatic rings. The fraction of sp³-hybridized carbons (Fsp3) is 0.190. The topological polar surface area (TPSA) is 63.8 Å². The number of pyridine rings is 1. The zero-order valence-electron chi connectivity index (χ0n) is 15.0. The smallest absolute Gasteiger partial charge is 0.163 e. The van der Waals surface area contributed by atoms with Crippen molar-refractivity contribution < 1.29 is 4.42 Å². The van der Waals surface area contributed by atoms with Gasteiger partial charge in [-0.2, -0.15) is 0 Å². The predicted molar refractivity (Wildman–Crippen MR) is 103 cm³/mol. The Bertz CT molecular complexity index is 1060. The molecule has 1 N–H and O–H groups in total. The number of para-hydroxylation sites is 1. The molecule has 0 radical (unpaired) electrons. The van der Waals surface area contributed by atoms with Gasteiger partial charge in [0.15, 0.2) is 5.82 Å². The highest BCUT2D eigenvalue weighted by Gasteiger charge is 2.16. The Labute approximate surface area is 152 Å². The van der Waals surface area contributed by atoms with Crippen LogP contribution < -0.4 is 5.32 Å². The Kier molecular flexibility index (Phi) is 4.13. The molecule has 3 heterocycles. The minimum absolute atomic E-state index is 0.0625. The number of rotatable bonds is 4. The molecule has 5 nitrogen and oxygen atoms in total. The number of anilines is 1. The average molecular weight is 344 g/mol. The van der Waals surface area contributed by atoms with Crippen molar-refractivity contribution in [1.29, 1.82) is 0 Å². The van der Waals surface area contributed by atoms with Crippen molar-refractivity contribution in [2.75, 3.05) is 5.32 Å². The Hall–Kier alpha value is -3.21. The highest BCUT2D eigenvalue weighted by Crippen LogP contribution is 2.29. The van der Waals surface area contributed by atoms with Crippen LogP contribution in [-0.4, -0.2) is 15.0 Å². The summed E-state index contributed by atoms with van der Waals surface area (Å²) >= 11 is 0. The Morgan fingerprint density at radius 2 is 1.88 bits per heavy atom. The number of aryl methyl sites for hydroxylation is 2. The number of nitrogens with zero attached hydrogens (tertiary/aromatic N) is 3. The summed E-state index contributed by atoms with van der Waals surface area (Å²) in [5.74, 6) is 3.30. The molecule has 0 spiro atoms. The number of furan rings is 1. The first-order valence-corrected chi connectivity index (χ1v) is 8.62. The van der Waals surface area contributed by atoms with Gasteiger partial charge in [0.2, 0.25) is 0 Å². The summed E-state index contributed by atoms with van der Waals surface area (Å²) < 4.78 is 5.67. The fourth-order valence-corrected chi connectivity index (χ4v) is 3.17. The molecule has 0 aliphatic carbocycles. The van der Waals surface area contributed by atoms with Gasteiger partial charge in [0.05, 0.1) is 11.6 Å². The maximum atomic E-state index is 5.67. The SMILES string of the molecule is Cc1cc(C(C)Nc2nc(-c3cccnc3)nc3ccccc23)c(C)o1. The summed E-state index contributed by atoms with van der Waals surface area (Å²) in [5.41, 5.74) is 2.92. The number of fused-ring (bicyclic) bond motifs is 1. The van der Waals surface area contributed by atoms with E-state index in [0.717, 1.165) is 39.4 Å². The molecule has 1 unspecified atom stereocenters. The number of hydrogen-bond donors (Lipinski definition) is 1. The molecule has 0 amide bonds. The van der Waals surface area contributed by atoms with Crippen molar-refractivity contribution in [3.8, 4) is 11.4 Å². The Morgan fingerprint density at radius 1 is 1.04 bits per heavy atom. The maximum absolute atomic E-state index is 5.67. The number of benzene rings is 1. The van der Waals surface area contributed by atoms with Crippen LogP contribution in [0.15, 0.2) is 59.3 Å². The minimum atomic E-state index is 0.0625. The first kappa shape index (κ1) is 16.3. The van der Waals surface area contributed by atoms with E-state index in [2.05, 4.69) is 23.3 Å². The van der Waals surface area contributed by atoms with E-state index in [-0.39, 0.29) is 6.04 Å². The summed E-state index contributed by atoms with van der Waals surface area (Å²) in [6, 6.07) is 14.0. The molecule has 5 heteroatoms. The van der Waals surface area contributed by atoms with Gasteiger partial charge in [0.1, 0.15) is 17.3 Å². The van der Waals surface area contributed by atoms with Crippen LogP contribution >= 0.6 is 0 Å². The van der Waals surface area contributed by atoms with Crippen LogP contribution in [0.2, 0.25) is 0 Å². The maximum Gasteiger partial charge on any atom is 0.163 e. The van der Waals surface area contributed by atoms with Crippen LogP contribution in [0.25, 0.3) is 22.3 Å². The van der Waals surface area contributed by atoms with Crippen LogP contribution in [0.1, 0.15) is 30.0 Å². The van der Waals surface area contributed by atoms with Crippen molar-refractivity contribution in [2.45, 2.75) is 26.8 Å². The van der Waals surface area contributed by atoms with E-state index in [1.54, 1.807) is 12.4 Å². The standard InChI is InChI=1S/C21H20N4O/c1-13-11-18(15(3)26-13)14(2)23-21-17-8-4-5-9-19(17)24-20(25-21)16-7-6-10-22-12-16/h4-12,14H,1-3H3,(H,23,24,25). The molecule has 0 aliphatic heterocycles. The molecule has 0 saturated heterocycles. The second-order valence-corrected chi connectivity index (χ2v) is 6.39. The summed E-state index contributed by atoms with van der Waals surface area (Å²) in [6.45, 7) is 6.06. The lowest BCUT2D eigenvalue weighted by atomic mass is 10.1. The van der Waals surface area contributed by atoms with Gasteiger partial charge in [-0.15, -0.1) is 0 Å². The van der Waals surface area contributed by atoms with Crippen molar-refractivity contribution in [2.24, 2.45) is 0 Å². The normalized spacial score (nSPS) is 12.3. The lowest BCUT2D eigenvalue weighted by Gasteiger charge is -2.16. The molecular formula is C21H20N4O. The molecule has 4 rings (SSSR count). The molecule has 3 aromatic heterocycles. The molecule has 0 bridgehead atoms. The molecule has 26 heavy (non-hydrogen) atoms. The highest BCUT2D eigenvalue weighted by molar-refractivity contribution is 5.90. The van der Waals surface area contributed by atoms with Crippen LogP contribution in [0.5, 0.6) is 0 Å². The molecular weight excluding hydrogens is 324 g/mol. The predicted octanol–water partition coefficient (Wildman–Crippen LogP) is 5.07. The number of aromatic nitrogens is 3. The van der Waals surface area contributed by atoms with Gasteiger partial charge in [-0.05, 0) is 51.1 Å². The molecule has 0 saturated carbocycles. The van der Waals surface area contributed by atoms with E-state index in [9.17, 15) is 0 Å². The van der Waals surface area contributed by atoms with Crippen molar-refractivity contribution in [3.05, 3.63) is 71.9 Å². The van der Waals surface area contributed by atoms with Crippen LogP contribution in [0.3, 0.4) is 0 Å². The molecule has 1 atom stereocenters. The summed E-state index contributed by atoms with van der Waals surface area (Å²) in [7, 11) is 0. The van der Waals surface area contributed by atoms with E-state index in [1.165, 1.54) is 0 Å². The van der Waals surface area contributed by atoms with Gasteiger partial charge < -0.3 is 9.73 Å². The highest BCUT2D eigenvalue weighted by atomic mass is 16.3. The van der Waals surface area contributed by atoms with Gasteiger partial charge >= 0.3 is 0 Å². The summed E-state index contributed by atoms with van der Waals surface area (Å²) in [4.78, 5) is 13.7. The van der Waals surface area contributed by atoms with Crippen LogP contribution in [0, 0.1) is 13.8 Å². The van der Waals surface area contributed by atoms with E-state index >= 15 is 0 Å². The van der Waals surface area contributed by atoms with Crippen molar-refractivity contribution in [1.82, 2.24) is 15.0 Å². The molecule has 1 aromatic carbocycles.